The third-order valence-electron chi connectivity index (χ3n) is 6.14. The van der Waals surface area contributed by atoms with Gasteiger partial charge in [-0.15, -0.1) is 11.8 Å². The van der Waals surface area contributed by atoms with E-state index in [0.717, 1.165) is 17.7 Å². The number of thioether (sulfide) groups is 1. The number of ketones is 2. The number of carbonyl (C=O) groups is 2. The van der Waals surface area contributed by atoms with Crippen molar-refractivity contribution in [1.82, 2.24) is 10.1 Å². The van der Waals surface area contributed by atoms with E-state index in [9.17, 15) is 14.7 Å². The quantitative estimate of drug-likeness (QED) is 0.512. The van der Waals surface area contributed by atoms with Crippen LogP contribution in [-0.2, 0) is 4.79 Å². The maximum Gasteiger partial charge on any atom is 0.265 e. The Morgan fingerprint density at radius 2 is 2.03 bits per heavy atom. The highest BCUT2D eigenvalue weighted by molar-refractivity contribution is 8.00. The van der Waals surface area contributed by atoms with Crippen LogP contribution < -0.4 is 4.74 Å². The third-order valence-corrected chi connectivity index (χ3v) is 7.38. The second-order valence-corrected chi connectivity index (χ2v) is 9.83. The van der Waals surface area contributed by atoms with E-state index in [0.29, 0.717) is 18.8 Å². The Balaban J connectivity index is 1.69. The number of aliphatic hydroxyl groups is 1. The summed E-state index contributed by atoms with van der Waals surface area (Å²) in [5, 5.41) is 15.5. The molecule has 1 unspecified atom stereocenters. The molecule has 0 radical (unpaired) electrons. The van der Waals surface area contributed by atoms with E-state index < -0.39 is 29.1 Å². The fourth-order valence-corrected chi connectivity index (χ4v) is 5.85. The Morgan fingerprint density at radius 3 is 2.71 bits per heavy atom. The summed E-state index contributed by atoms with van der Waals surface area (Å²) in [5.74, 6) is -1.27. The van der Waals surface area contributed by atoms with Crippen molar-refractivity contribution < 1.29 is 24.0 Å². The van der Waals surface area contributed by atoms with Gasteiger partial charge in [0.25, 0.3) is 5.88 Å². The molecule has 1 heterocycles. The first-order chi connectivity index (χ1) is 14.9. The first kappa shape index (κ1) is 22.0. The van der Waals surface area contributed by atoms with Gasteiger partial charge < -0.3 is 14.4 Å². The fraction of sp³-hybridized carbons (Fsp3) is 0.522. The molecule has 0 amide bonds. The van der Waals surface area contributed by atoms with E-state index in [-0.39, 0.29) is 23.1 Å². The number of Topliss-reactive ketones (excluding diaryl/α,β-unsaturated/α-hetero) is 2. The molecule has 0 bridgehead atoms. The second kappa shape index (κ2) is 8.76. The molecule has 7 nitrogen and oxygen atoms in total. The van der Waals surface area contributed by atoms with Gasteiger partial charge in [0.05, 0.1) is 12.6 Å². The molecule has 1 aromatic heterocycles. The number of hydrogen-bond acceptors (Lipinski definition) is 8. The van der Waals surface area contributed by atoms with Crippen LogP contribution in [0.2, 0.25) is 0 Å². The number of fused-ring (bicyclic) bond motifs is 2. The number of carbonyl (C=O) groups excluding carboxylic acids is 2. The summed E-state index contributed by atoms with van der Waals surface area (Å²) in [6, 6.07) is 9.40. The summed E-state index contributed by atoms with van der Waals surface area (Å²) in [4.78, 5) is 29.6. The minimum atomic E-state index is -2.09. The molecule has 2 aliphatic rings. The lowest BCUT2D eigenvalue weighted by atomic mass is 9.63. The van der Waals surface area contributed by atoms with Gasteiger partial charge in [0.15, 0.2) is 17.1 Å². The van der Waals surface area contributed by atoms with Crippen molar-refractivity contribution >= 4 is 23.3 Å². The van der Waals surface area contributed by atoms with Gasteiger partial charge in [-0.1, -0.05) is 31.5 Å². The van der Waals surface area contributed by atoms with Gasteiger partial charge in [0.1, 0.15) is 5.56 Å². The van der Waals surface area contributed by atoms with Gasteiger partial charge in [-0.25, -0.2) is 0 Å². The molecule has 0 aliphatic heterocycles. The summed E-state index contributed by atoms with van der Waals surface area (Å²) in [6.45, 7) is 2.42. The number of rotatable bonds is 7. The Labute approximate surface area is 186 Å². The first-order valence-electron chi connectivity index (χ1n) is 10.7. The molecule has 1 fully saturated rings. The molecular formula is C23H28N2O5S. The molecule has 4 rings (SSSR count). The van der Waals surface area contributed by atoms with Gasteiger partial charge >= 0.3 is 0 Å². The summed E-state index contributed by atoms with van der Waals surface area (Å²) < 4.78 is 11.3. The highest BCUT2D eigenvalue weighted by atomic mass is 32.2. The molecule has 1 saturated carbocycles. The number of hydrogen-bond donors (Lipinski definition) is 1. The monoisotopic (exact) mass is 444 g/mol. The Hall–Kier alpha value is -2.16. The molecule has 8 heteroatoms. The number of unbranched alkanes of at least 4 members (excludes halogenated alkanes) is 1. The van der Waals surface area contributed by atoms with Crippen LogP contribution in [-0.4, -0.2) is 58.3 Å². The normalized spacial score (nSPS) is 27.8. The molecule has 0 saturated heterocycles. The minimum Gasteiger partial charge on any atom is -0.475 e. The average molecular weight is 445 g/mol. The summed E-state index contributed by atoms with van der Waals surface area (Å²) in [5.41, 5.74) is -1.99. The van der Waals surface area contributed by atoms with Gasteiger partial charge in [-0.2, -0.15) is 0 Å². The van der Waals surface area contributed by atoms with Crippen LogP contribution in [0, 0.1) is 5.92 Å². The Morgan fingerprint density at radius 1 is 1.29 bits per heavy atom. The van der Waals surface area contributed by atoms with E-state index in [4.69, 9.17) is 9.26 Å². The Bertz CT molecular complexity index is 960. The number of benzene rings is 1. The van der Waals surface area contributed by atoms with Crippen LogP contribution in [0.1, 0.15) is 54.8 Å². The first-order valence-corrected chi connectivity index (χ1v) is 11.6. The summed E-state index contributed by atoms with van der Waals surface area (Å²) in [7, 11) is 3.70. The minimum absolute atomic E-state index is 0.0415. The van der Waals surface area contributed by atoms with E-state index in [1.807, 2.05) is 56.3 Å². The van der Waals surface area contributed by atoms with E-state index in [1.165, 1.54) is 0 Å². The van der Waals surface area contributed by atoms with Crippen molar-refractivity contribution in [2.75, 3.05) is 20.7 Å². The lowest BCUT2D eigenvalue weighted by Gasteiger charge is -2.47. The SMILES string of the molecule is CCCCOc1noc2c1C(=O)[C@@]1(O)C(=O)CC(Sc3ccccc3)C[C@H]1[C@@H]2N(C)C. The van der Waals surface area contributed by atoms with Gasteiger partial charge in [-0.05, 0) is 44.2 Å². The molecule has 2 aliphatic carbocycles. The van der Waals surface area contributed by atoms with Crippen LogP contribution in [0.25, 0.3) is 0 Å². The van der Waals surface area contributed by atoms with Crippen molar-refractivity contribution in [3.05, 3.63) is 41.7 Å². The van der Waals surface area contributed by atoms with Crippen molar-refractivity contribution in [3.8, 4) is 5.88 Å². The summed E-state index contributed by atoms with van der Waals surface area (Å²) >= 11 is 1.61. The predicted molar refractivity (Wildman–Crippen MR) is 116 cm³/mol. The predicted octanol–water partition coefficient (Wildman–Crippen LogP) is 3.52. The number of aromatic nitrogens is 1. The molecule has 2 aromatic rings. The van der Waals surface area contributed by atoms with Crippen molar-refractivity contribution in [1.29, 1.82) is 0 Å². The highest BCUT2D eigenvalue weighted by Gasteiger charge is 2.63. The van der Waals surface area contributed by atoms with Crippen molar-refractivity contribution in [2.24, 2.45) is 5.92 Å². The van der Waals surface area contributed by atoms with E-state index >= 15 is 0 Å². The average Bonchev–Trinajstić information content (AvgIpc) is 3.15. The van der Waals surface area contributed by atoms with Crippen LogP contribution in [0.3, 0.4) is 0 Å². The Kier molecular flexibility index (Phi) is 6.23. The topological polar surface area (TPSA) is 92.9 Å². The number of ether oxygens (including phenoxy) is 1. The molecule has 31 heavy (non-hydrogen) atoms. The van der Waals surface area contributed by atoms with Crippen LogP contribution >= 0.6 is 11.8 Å². The molecule has 1 N–H and O–H groups in total. The van der Waals surface area contributed by atoms with E-state index in [1.54, 1.807) is 11.8 Å². The molecule has 0 spiro atoms. The zero-order chi connectivity index (χ0) is 22.2. The van der Waals surface area contributed by atoms with Crippen molar-refractivity contribution in [2.45, 2.75) is 54.4 Å². The van der Waals surface area contributed by atoms with Crippen molar-refractivity contribution in [3.63, 3.8) is 0 Å². The number of nitrogens with zero attached hydrogens (tertiary/aromatic N) is 2. The fourth-order valence-electron chi connectivity index (χ4n) is 4.62. The maximum atomic E-state index is 13.5. The molecule has 166 valence electrons. The zero-order valence-electron chi connectivity index (χ0n) is 18.0. The largest absolute Gasteiger partial charge is 0.475 e. The van der Waals surface area contributed by atoms with E-state index in [2.05, 4.69) is 5.16 Å². The second-order valence-electron chi connectivity index (χ2n) is 8.46. The third kappa shape index (κ3) is 3.81. The van der Waals surface area contributed by atoms with Gasteiger partial charge in [0, 0.05) is 22.5 Å². The van der Waals surface area contributed by atoms with Crippen LogP contribution in [0.5, 0.6) is 5.88 Å². The lowest BCUT2D eigenvalue weighted by Crippen LogP contribution is -2.62. The highest BCUT2D eigenvalue weighted by Crippen LogP contribution is 2.52. The molecule has 1 aromatic carbocycles. The lowest BCUT2D eigenvalue weighted by molar-refractivity contribution is -0.145. The van der Waals surface area contributed by atoms with Crippen LogP contribution in [0.15, 0.2) is 39.8 Å². The summed E-state index contributed by atoms with van der Waals surface area (Å²) in [6.07, 6.45) is 2.37. The molecular weight excluding hydrogens is 416 g/mol. The van der Waals surface area contributed by atoms with Gasteiger partial charge in [0.2, 0.25) is 5.78 Å². The zero-order valence-corrected chi connectivity index (χ0v) is 18.9. The molecule has 4 atom stereocenters. The standard InChI is InChI=1S/C23H28N2O5S/c1-4-5-11-29-22-18-20(30-24-22)19(25(2)3)16-12-15(31-14-9-7-6-8-10-14)13-17(26)23(16,28)21(18)27/h6-10,15-16,19,28H,4-5,11-13H2,1-3H3/t15?,16-,19-,23-/m0/s1. The smallest absolute Gasteiger partial charge is 0.265 e. The van der Waals surface area contributed by atoms with Crippen LogP contribution in [0.4, 0.5) is 0 Å². The van der Waals surface area contributed by atoms with Gasteiger partial charge in [-0.3, -0.25) is 14.5 Å². The maximum absolute atomic E-state index is 13.5.